The number of hydrogen-bond acceptors (Lipinski definition) is 4. The normalized spacial score (nSPS) is 11.1. The molecule has 0 unspecified atom stereocenters. The predicted molar refractivity (Wildman–Crippen MR) is 121 cm³/mol. The number of aromatic nitrogens is 4. The summed E-state index contributed by atoms with van der Waals surface area (Å²) in [5.41, 5.74) is 6.74. The lowest BCUT2D eigenvalue weighted by Crippen LogP contribution is -2.30. The van der Waals surface area contributed by atoms with Crippen LogP contribution < -0.4 is 10.9 Å². The van der Waals surface area contributed by atoms with Crippen molar-refractivity contribution in [1.82, 2.24) is 19.4 Å². The maximum Gasteiger partial charge on any atom is 0.293 e. The fourth-order valence-corrected chi connectivity index (χ4v) is 3.80. The van der Waals surface area contributed by atoms with Gasteiger partial charge < -0.3 is 5.32 Å². The summed E-state index contributed by atoms with van der Waals surface area (Å²) >= 11 is 0. The predicted octanol–water partition coefficient (Wildman–Crippen LogP) is 3.68. The van der Waals surface area contributed by atoms with Crippen LogP contribution in [0.2, 0.25) is 0 Å². The van der Waals surface area contributed by atoms with Crippen molar-refractivity contribution < 1.29 is 4.79 Å². The van der Waals surface area contributed by atoms with Gasteiger partial charge >= 0.3 is 0 Å². The van der Waals surface area contributed by atoms with Gasteiger partial charge in [-0.2, -0.15) is 10.2 Å². The third kappa shape index (κ3) is 4.12. The first-order valence-corrected chi connectivity index (χ1v) is 10.3. The number of amides is 1. The number of hydrogen-bond donors (Lipinski definition) is 1. The first kappa shape index (κ1) is 20.5. The van der Waals surface area contributed by atoms with Crippen molar-refractivity contribution in [3.05, 3.63) is 81.4 Å². The van der Waals surface area contributed by atoms with Gasteiger partial charge in [0.25, 0.3) is 5.56 Å². The number of aryl methyl sites for hydroxylation is 4. The monoisotopic (exact) mass is 415 g/mol. The molecule has 0 aliphatic rings. The standard InChI is InChI=1S/C24H25N5O2/c1-5-18-6-8-19(9-7-18)20-12-21-24(31)28(25-14-29(21)27-20)13-22(30)26-23-16(3)10-15(2)11-17(23)4/h6-12,14H,5,13H2,1-4H3,(H,26,30). The lowest BCUT2D eigenvalue weighted by Gasteiger charge is -2.13. The first-order valence-electron chi connectivity index (χ1n) is 10.3. The van der Waals surface area contributed by atoms with Crippen molar-refractivity contribution in [3.63, 3.8) is 0 Å². The smallest absolute Gasteiger partial charge is 0.293 e. The van der Waals surface area contributed by atoms with Gasteiger partial charge in [0.15, 0.2) is 0 Å². The molecule has 7 heteroatoms. The van der Waals surface area contributed by atoms with Gasteiger partial charge in [-0.05, 0) is 49.9 Å². The molecule has 0 atom stereocenters. The Bertz CT molecular complexity index is 1310. The van der Waals surface area contributed by atoms with E-state index < -0.39 is 0 Å². The third-order valence-corrected chi connectivity index (χ3v) is 5.38. The molecule has 0 saturated heterocycles. The van der Waals surface area contributed by atoms with Crippen LogP contribution in [-0.2, 0) is 17.8 Å². The molecular formula is C24H25N5O2. The summed E-state index contributed by atoms with van der Waals surface area (Å²) < 4.78 is 2.61. The molecule has 2 aromatic heterocycles. The molecule has 0 aliphatic carbocycles. The first-order chi connectivity index (χ1) is 14.9. The molecule has 1 N–H and O–H groups in total. The minimum absolute atomic E-state index is 0.173. The molecule has 1 amide bonds. The number of nitrogens with one attached hydrogen (secondary N) is 1. The van der Waals surface area contributed by atoms with Crippen LogP contribution >= 0.6 is 0 Å². The Hall–Kier alpha value is -3.74. The van der Waals surface area contributed by atoms with Crippen LogP contribution in [0.5, 0.6) is 0 Å². The maximum absolute atomic E-state index is 12.9. The zero-order chi connectivity index (χ0) is 22.1. The van der Waals surface area contributed by atoms with E-state index in [0.717, 1.165) is 39.0 Å². The molecule has 0 spiro atoms. The van der Waals surface area contributed by atoms with Crippen LogP contribution in [0.4, 0.5) is 5.69 Å². The molecular weight excluding hydrogens is 390 g/mol. The Kier molecular flexibility index (Phi) is 5.42. The van der Waals surface area contributed by atoms with E-state index in [1.165, 1.54) is 16.4 Å². The van der Waals surface area contributed by atoms with E-state index in [4.69, 9.17) is 0 Å². The lowest BCUT2D eigenvalue weighted by molar-refractivity contribution is -0.117. The number of benzene rings is 2. The van der Waals surface area contributed by atoms with Crippen LogP contribution in [-0.4, -0.2) is 25.3 Å². The second-order valence-corrected chi connectivity index (χ2v) is 7.83. The number of fused-ring (bicyclic) bond motifs is 1. The van der Waals surface area contributed by atoms with Gasteiger partial charge in [-0.1, -0.05) is 48.9 Å². The van der Waals surface area contributed by atoms with Gasteiger partial charge in [0.1, 0.15) is 18.4 Å². The molecule has 4 rings (SSSR count). The van der Waals surface area contributed by atoms with Crippen molar-refractivity contribution in [2.24, 2.45) is 0 Å². The van der Waals surface area contributed by atoms with Gasteiger partial charge in [0.2, 0.25) is 5.91 Å². The van der Waals surface area contributed by atoms with E-state index in [2.05, 4.69) is 34.6 Å². The van der Waals surface area contributed by atoms with Crippen LogP contribution in [0.25, 0.3) is 16.8 Å². The summed E-state index contributed by atoms with van der Waals surface area (Å²) in [7, 11) is 0. The number of anilines is 1. The topological polar surface area (TPSA) is 81.3 Å². The van der Waals surface area contributed by atoms with Crippen LogP contribution in [0, 0.1) is 20.8 Å². The van der Waals surface area contributed by atoms with E-state index in [0.29, 0.717) is 11.2 Å². The molecule has 0 bridgehead atoms. The fourth-order valence-electron chi connectivity index (χ4n) is 3.80. The van der Waals surface area contributed by atoms with Gasteiger partial charge in [0, 0.05) is 11.3 Å². The Labute approximate surface area is 180 Å². The number of carbonyl (C=O) groups is 1. The van der Waals surface area contributed by atoms with E-state index in [9.17, 15) is 9.59 Å². The second kappa shape index (κ2) is 8.18. The highest BCUT2D eigenvalue weighted by molar-refractivity contribution is 5.92. The summed E-state index contributed by atoms with van der Waals surface area (Å²) in [5, 5.41) is 11.5. The molecule has 4 aromatic rings. The Balaban J connectivity index is 1.59. The molecule has 2 heterocycles. The van der Waals surface area contributed by atoms with Gasteiger partial charge in [-0.3, -0.25) is 9.59 Å². The minimum Gasteiger partial charge on any atom is -0.324 e. The number of nitrogens with zero attached hydrogens (tertiary/aromatic N) is 4. The summed E-state index contributed by atoms with van der Waals surface area (Å²) in [4.78, 5) is 25.5. The zero-order valence-corrected chi connectivity index (χ0v) is 18.1. The van der Waals surface area contributed by atoms with E-state index in [1.807, 2.05) is 45.0 Å². The molecule has 158 valence electrons. The number of carbonyl (C=O) groups excluding carboxylic acids is 1. The van der Waals surface area contributed by atoms with Crippen LogP contribution in [0.1, 0.15) is 29.2 Å². The van der Waals surface area contributed by atoms with Crippen LogP contribution in [0.15, 0.2) is 53.6 Å². The highest BCUT2D eigenvalue weighted by Gasteiger charge is 2.14. The quantitative estimate of drug-likeness (QED) is 0.539. The molecule has 0 aliphatic heterocycles. The fraction of sp³-hybridized carbons (Fsp3) is 0.250. The molecule has 0 radical (unpaired) electrons. The summed E-state index contributed by atoms with van der Waals surface area (Å²) in [6, 6.07) is 13.8. The molecule has 31 heavy (non-hydrogen) atoms. The Morgan fingerprint density at radius 3 is 2.35 bits per heavy atom. The van der Waals surface area contributed by atoms with Crippen molar-refractivity contribution in [2.45, 2.75) is 40.7 Å². The molecule has 0 saturated carbocycles. The second-order valence-electron chi connectivity index (χ2n) is 7.83. The molecule has 7 nitrogen and oxygen atoms in total. The largest absolute Gasteiger partial charge is 0.324 e. The Morgan fingerprint density at radius 1 is 1.03 bits per heavy atom. The van der Waals surface area contributed by atoms with Crippen LogP contribution in [0.3, 0.4) is 0 Å². The van der Waals surface area contributed by atoms with E-state index in [-0.39, 0.29) is 18.0 Å². The molecule has 0 fully saturated rings. The SMILES string of the molecule is CCc1ccc(-c2cc3c(=O)n(CC(=O)Nc4c(C)cc(C)cc4C)ncn3n2)cc1. The van der Waals surface area contributed by atoms with Crippen molar-refractivity contribution in [3.8, 4) is 11.3 Å². The average molecular weight is 415 g/mol. The summed E-state index contributed by atoms with van der Waals surface area (Å²) in [5.74, 6) is -0.302. The molecule has 2 aromatic carbocycles. The van der Waals surface area contributed by atoms with Crippen molar-refractivity contribution in [2.75, 3.05) is 5.32 Å². The van der Waals surface area contributed by atoms with Crippen molar-refractivity contribution >= 4 is 17.1 Å². The zero-order valence-electron chi connectivity index (χ0n) is 18.1. The van der Waals surface area contributed by atoms with Gasteiger partial charge in [-0.25, -0.2) is 9.20 Å². The van der Waals surface area contributed by atoms with E-state index >= 15 is 0 Å². The lowest BCUT2D eigenvalue weighted by atomic mass is 10.1. The van der Waals surface area contributed by atoms with Gasteiger partial charge in [0.05, 0.1) is 5.69 Å². The van der Waals surface area contributed by atoms with E-state index in [1.54, 1.807) is 6.07 Å². The number of rotatable bonds is 5. The maximum atomic E-state index is 12.9. The third-order valence-electron chi connectivity index (χ3n) is 5.38. The summed E-state index contributed by atoms with van der Waals surface area (Å²) in [6.45, 7) is 7.85. The Morgan fingerprint density at radius 2 is 1.71 bits per heavy atom. The highest BCUT2D eigenvalue weighted by atomic mass is 16.2. The summed E-state index contributed by atoms with van der Waals surface area (Å²) in [6.07, 6.45) is 2.42. The van der Waals surface area contributed by atoms with Crippen molar-refractivity contribution in [1.29, 1.82) is 0 Å². The average Bonchev–Trinajstić information content (AvgIpc) is 3.18. The van der Waals surface area contributed by atoms with Gasteiger partial charge in [-0.15, -0.1) is 0 Å². The highest BCUT2D eigenvalue weighted by Crippen LogP contribution is 2.22. The minimum atomic E-state index is -0.362.